The normalized spacial score (nSPS) is 12.0. The fraction of sp³-hybridized carbons (Fsp3) is 0.632. The molecule has 0 atom stereocenters. The van der Waals surface area contributed by atoms with E-state index in [9.17, 15) is 0 Å². The highest BCUT2D eigenvalue weighted by molar-refractivity contribution is 5.79. The van der Waals surface area contributed by atoms with Crippen molar-refractivity contribution in [2.24, 2.45) is 4.99 Å². The molecule has 1 aromatic carbocycles. The maximum atomic E-state index is 5.35. The quantitative estimate of drug-likeness (QED) is 0.362. The highest BCUT2D eigenvalue weighted by Crippen LogP contribution is 2.27. The molecular formula is C19H34N4O2. The highest BCUT2D eigenvalue weighted by Gasteiger charge is 2.07. The summed E-state index contributed by atoms with van der Waals surface area (Å²) in [6.45, 7) is 11.8. The third-order valence-corrected chi connectivity index (χ3v) is 3.54. The SMILES string of the molecule is CCNC(=NCCNC(C)(C)C)NCCc1ccc(OC)c(OC)c1. The van der Waals surface area contributed by atoms with Crippen LogP contribution in [-0.2, 0) is 6.42 Å². The molecule has 0 saturated carbocycles. The molecular weight excluding hydrogens is 316 g/mol. The second-order valence-corrected chi connectivity index (χ2v) is 6.80. The van der Waals surface area contributed by atoms with Gasteiger partial charge < -0.3 is 25.4 Å². The average molecular weight is 351 g/mol. The number of guanidine groups is 1. The van der Waals surface area contributed by atoms with Crippen LogP contribution < -0.4 is 25.4 Å². The molecule has 0 radical (unpaired) electrons. The topological polar surface area (TPSA) is 66.9 Å². The Bertz CT molecular complexity index is 539. The van der Waals surface area contributed by atoms with E-state index in [1.807, 2.05) is 12.1 Å². The van der Waals surface area contributed by atoms with Crippen LogP contribution in [-0.4, -0.2) is 51.9 Å². The van der Waals surface area contributed by atoms with E-state index in [0.29, 0.717) is 0 Å². The third-order valence-electron chi connectivity index (χ3n) is 3.54. The number of aliphatic imine (C=N–C) groups is 1. The summed E-state index contributed by atoms with van der Waals surface area (Å²) in [6.07, 6.45) is 0.880. The Balaban J connectivity index is 2.49. The van der Waals surface area contributed by atoms with Crippen molar-refractivity contribution in [2.45, 2.75) is 39.7 Å². The molecule has 6 heteroatoms. The molecule has 0 bridgehead atoms. The van der Waals surface area contributed by atoms with Crippen LogP contribution in [0.25, 0.3) is 0 Å². The first-order chi connectivity index (χ1) is 11.9. The van der Waals surface area contributed by atoms with E-state index in [2.05, 4.69) is 54.7 Å². The average Bonchev–Trinajstić information content (AvgIpc) is 2.57. The lowest BCUT2D eigenvalue weighted by Gasteiger charge is -2.20. The largest absolute Gasteiger partial charge is 0.493 e. The lowest BCUT2D eigenvalue weighted by atomic mass is 10.1. The van der Waals surface area contributed by atoms with Crippen molar-refractivity contribution in [3.8, 4) is 11.5 Å². The van der Waals surface area contributed by atoms with Gasteiger partial charge in [0, 0.05) is 25.2 Å². The summed E-state index contributed by atoms with van der Waals surface area (Å²) < 4.78 is 10.6. The van der Waals surface area contributed by atoms with Gasteiger partial charge in [0.25, 0.3) is 0 Å². The van der Waals surface area contributed by atoms with Crippen LogP contribution >= 0.6 is 0 Å². The summed E-state index contributed by atoms with van der Waals surface area (Å²) in [4.78, 5) is 4.60. The second-order valence-electron chi connectivity index (χ2n) is 6.80. The number of nitrogens with one attached hydrogen (secondary N) is 3. The van der Waals surface area contributed by atoms with Gasteiger partial charge in [-0.2, -0.15) is 0 Å². The predicted molar refractivity (Wildman–Crippen MR) is 105 cm³/mol. The summed E-state index contributed by atoms with van der Waals surface area (Å²) >= 11 is 0. The molecule has 0 aliphatic heterocycles. The fourth-order valence-electron chi connectivity index (χ4n) is 2.30. The molecule has 0 fully saturated rings. The molecule has 0 unspecified atom stereocenters. The minimum Gasteiger partial charge on any atom is -0.493 e. The maximum absolute atomic E-state index is 5.35. The van der Waals surface area contributed by atoms with Crippen molar-refractivity contribution in [2.75, 3.05) is 40.4 Å². The summed E-state index contributed by atoms with van der Waals surface area (Å²) in [5.74, 6) is 2.35. The van der Waals surface area contributed by atoms with Crippen molar-refractivity contribution >= 4 is 5.96 Å². The summed E-state index contributed by atoms with van der Waals surface area (Å²) in [6, 6.07) is 6.00. The fourth-order valence-corrected chi connectivity index (χ4v) is 2.30. The summed E-state index contributed by atoms with van der Waals surface area (Å²) in [7, 11) is 3.30. The van der Waals surface area contributed by atoms with Gasteiger partial charge in [-0.3, -0.25) is 4.99 Å². The molecule has 0 aliphatic carbocycles. The van der Waals surface area contributed by atoms with Gasteiger partial charge in [0.2, 0.25) is 0 Å². The van der Waals surface area contributed by atoms with Crippen LogP contribution in [0.3, 0.4) is 0 Å². The van der Waals surface area contributed by atoms with E-state index < -0.39 is 0 Å². The summed E-state index contributed by atoms with van der Waals surface area (Å²) in [5.41, 5.74) is 1.31. The highest BCUT2D eigenvalue weighted by atomic mass is 16.5. The molecule has 0 saturated heterocycles. The predicted octanol–water partition coefficient (Wildman–Crippen LogP) is 2.19. The molecule has 3 N–H and O–H groups in total. The van der Waals surface area contributed by atoms with E-state index in [1.165, 1.54) is 5.56 Å². The molecule has 142 valence electrons. The van der Waals surface area contributed by atoms with E-state index in [4.69, 9.17) is 9.47 Å². The van der Waals surface area contributed by atoms with Crippen LogP contribution in [0, 0.1) is 0 Å². The van der Waals surface area contributed by atoms with E-state index in [1.54, 1.807) is 14.2 Å². The number of rotatable bonds is 9. The van der Waals surface area contributed by atoms with Gasteiger partial charge in [-0.1, -0.05) is 6.07 Å². The molecule has 0 amide bonds. The number of nitrogens with zero attached hydrogens (tertiary/aromatic N) is 1. The Hall–Kier alpha value is -1.95. The number of ether oxygens (including phenoxy) is 2. The Labute approximate surface area is 152 Å². The minimum atomic E-state index is 0.120. The van der Waals surface area contributed by atoms with E-state index >= 15 is 0 Å². The van der Waals surface area contributed by atoms with Crippen LogP contribution in [0.2, 0.25) is 0 Å². The van der Waals surface area contributed by atoms with Crippen molar-refractivity contribution in [3.63, 3.8) is 0 Å². The maximum Gasteiger partial charge on any atom is 0.191 e. The van der Waals surface area contributed by atoms with Crippen LogP contribution in [0.4, 0.5) is 0 Å². The zero-order chi connectivity index (χ0) is 18.7. The van der Waals surface area contributed by atoms with Crippen molar-refractivity contribution < 1.29 is 9.47 Å². The number of methoxy groups -OCH3 is 2. The smallest absolute Gasteiger partial charge is 0.191 e. The second kappa shape index (κ2) is 10.8. The lowest BCUT2D eigenvalue weighted by Crippen LogP contribution is -2.40. The standard InChI is InChI=1S/C19H34N4O2/c1-7-20-18(22-12-13-23-19(2,3)4)21-11-10-15-8-9-16(24-5)17(14-15)25-6/h8-9,14,23H,7,10-13H2,1-6H3,(H2,20,21,22). The number of hydrogen-bond acceptors (Lipinski definition) is 4. The molecule has 1 aromatic rings. The molecule has 25 heavy (non-hydrogen) atoms. The van der Waals surface area contributed by atoms with Gasteiger partial charge in [-0.05, 0) is 51.8 Å². The van der Waals surface area contributed by atoms with Gasteiger partial charge in [-0.15, -0.1) is 0 Å². The zero-order valence-corrected chi connectivity index (χ0v) is 16.5. The monoisotopic (exact) mass is 350 g/mol. The van der Waals surface area contributed by atoms with Crippen molar-refractivity contribution in [1.29, 1.82) is 0 Å². The van der Waals surface area contributed by atoms with Crippen LogP contribution in [0.15, 0.2) is 23.2 Å². The van der Waals surface area contributed by atoms with Crippen LogP contribution in [0.1, 0.15) is 33.3 Å². The third kappa shape index (κ3) is 8.63. The molecule has 0 heterocycles. The Morgan fingerprint density at radius 1 is 1.04 bits per heavy atom. The van der Waals surface area contributed by atoms with E-state index in [0.717, 1.165) is 50.1 Å². The first-order valence-corrected chi connectivity index (χ1v) is 8.87. The van der Waals surface area contributed by atoms with Gasteiger partial charge >= 0.3 is 0 Å². The Morgan fingerprint density at radius 3 is 2.36 bits per heavy atom. The van der Waals surface area contributed by atoms with Gasteiger partial charge in [-0.25, -0.2) is 0 Å². The van der Waals surface area contributed by atoms with Gasteiger partial charge in [0.05, 0.1) is 20.8 Å². The Morgan fingerprint density at radius 2 is 1.76 bits per heavy atom. The number of benzene rings is 1. The molecule has 1 rings (SSSR count). The first-order valence-electron chi connectivity index (χ1n) is 8.87. The first kappa shape index (κ1) is 21.1. The molecule has 0 aromatic heterocycles. The van der Waals surface area contributed by atoms with Crippen molar-refractivity contribution in [3.05, 3.63) is 23.8 Å². The minimum absolute atomic E-state index is 0.120. The Kier molecular flexibility index (Phi) is 9.13. The van der Waals surface area contributed by atoms with Crippen LogP contribution in [0.5, 0.6) is 11.5 Å². The van der Waals surface area contributed by atoms with E-state index in [-0.39, 0.29) is 5.54 Å². The zero-order valence-electron chi connectivity index (χ0n) is 16.5. The number of hydrogen-bond donors (Lipinski definition) is 3. The lowest BCUT2D eigenvalue weighted by molar-refractivity contribution is 0.354. The van der Waals surface area contributed by atoms with Gasteiger partial charge in [0.15, 0.2) is 17.5 Å². The molecule has 0 spiro atoms. The molecule has 6 nitrogen and oxygen atoms in total. The van der Waals surface area contributed by atoms with Crippen molar-refractivity contribution in [1.82, 2.24) is 16.0 Å². The van der Waals surface area contributed by atoms with Gasteiger partial charge in [0.1, 0.15) is 0 Å². The molecule has 0 aliphatic rings. The summed E-state index contributed by atoms with van der Waals surface area (Å²) in [5, 5.41) is 10.1.